The van der Waals surface area contributed by atoms with E-state index in [0.717, 1.165) is 26.2 Å². The Morgan fingerprint density at radius 2 is 1.86 bits per heavy atom. The lowest BCUT2D eigenvalue weighted by atomic mass is 10.2. The molecule has 2 rings (SSSR count). The van der Waals surface area contributed by atoms with Crippen LogP contribution in [-0.2, 0) is 4.74 Å². The van der Waals surface area contributed by atoms with E-state index in [1.807, 2.05) is 20.8 Å². The topological polar surface area (TPSA) is 58.6 Å². The summed E-state index contributed by atoms with van der Waals surface area (Å²) in [5.74, 6) is -0.465. The first kappa shape index (κ1) is 18.1. The lowest BCUT2D eigenvalue weighted by molar-refractivity contribution is 0.0229. The number of rotatable bonds is 1. The van der Waals surface area contributed by atoms with E-state index >= 15 is 0 Å². The quantitative estimate of drug-likeness (QED) is 0.810. The minimum atomic E-state index is -0.465. The summed E-state index contributed by atoms with van der Waals surface area (Å²) in [5, 5.41) is 3.18. The fourth-order valence-electron chi connectivity index (χ4n) is 1.74. The van der Waals surface area contributed by atoms with E-state index in [9.17, 15) is 14.0 Å². The molecular weight excluding hydrogens is 287 g/mol. The summed E-state index contributed by atoms with van der Waals surface area (Å²) in [4.78, 5) is 23.2. The van der Waals surface area contributed by atoms with Gasteiger partial charge in [-0.2, -0.15) is 0 Å². The standard InChI is InChI=1S/C9H18N2O2.C7H5FO/c1-9(2,3)13-8(12)11-6-4-10-5-7-11;8-7-4-2-1-3-6(7)5-9/h10H,4-7H2,1-3H3;1-5H. The molecule has 1 fully saturated rings. The summed E-state index contributed by atoms with van der Waals surface area (Å²) in [6.07, 6.45) is 0.295. The molecule has 1 aliphatic rings. The molecule has 122 valence electrons. The number of halogens is 1. The number of amides is 1. The molecule has 22 heavy (non-hydrogen) atoms. The number of aldehydes is 1. The predicted molar refractivity (Wildman–Crippen MR) is 82.5 cm³/mol. The summed E-state index contributed by atoms with van der Waals surface area (Å²) < 4.78 is 17.6. The zero-order chi connectivity index (χ0) is 16.6. The molecule has 0 aromatic heterocycles. The number of ether oxygens (including phenoxy) is 1. The fourth-order valence-corrected chi connectivity index (χ4v) is 1.74. The van der Waals surface area contributed by atoms with E-state index in [1.54, 1.807) is 17.0 Å². The van der Waals surface area contributed by atoms with Gasteiger partial charge in [-0.25, -0.2) is 9.18 Å². The monoisotopic (exact) mass is 310 g/mol. The maximum Gasteiger partial charge on any atom is 0.410 e. The van der Waals surface area contributed by atoms with Gasteiger partial charge >= 0.3 is 6.09 Å². The lowest BCUT2D eigenvalue weighted by Crippen LogP contribution is -2.48. The third-order valence-corrected chi connectivity index (χ3v) is 2.80. The highest BCUT2D eigenvalue weighted by molar-refractivity contribution is 5.74. The molecule has 0 spiro atoms. The van der Waals surface area contributed by atoms with E-state index in [0.29, 0.717) is 6.29 Å². The Bertz CT molecular complexity index is 494. The lowest BCUT2D eigenvalue weighted by Gasteiger charge is -2.30. The number of nitrogens with zero attached hydrogens (tertiary/aromatic N) is 1. The molecule has 1 aliphatic heterocycles. The van der Waals surface area contributed by atoms with Crippen LogP contribution in [0.2, 0.25) is 0 Å². The van der Waals surface area contributed by atoms with Crippen LogP contribution in [0, 0.1) is 5.82 Å². The van der Waals surface area contributed by atoms with Crippen molar-refractivity contribution < 1.29 is 18.7 Å². The van der Waals surface area contributed by atoms with Crippen LogP contribution < -0.4 is 5.32 Å². The number of carbonyl (C=O) groups is 2. The van der Waals surface area contributed by atoms with Gasteiger partial charge in [0.2, 0.25) is 0 Å². The van der Waals surface area contributed by atoms with Crippen LogP contribution in [0.15, 0.2) is 24.3 Å². The summed E-state index contributed by atoms with van der Waals surface area (Å²) >= 11 is 0. The number of hydrogen-bond donors (Lipinski definition) is 1. The van der Waals surface area contributed by atoms with Crippen molar-refractivity contribution in [3.8, 4) is 0 Å². The number of benzene rings is 1. The Morgan fingerprint density at radius 1 is 1.27 bits per heavy atom. The number of piperazine rings is 1. The molecule has 0 bridgehead atoms. The average molecular weight is 310 g/mol. The maximum atomic E-state index is 12.4. The highest BCUT2D eigenvalue weighted by atomic mass is 19.1. The third kappa shape index (κ3) is 6.67. The van der Waals surface area contributed by atoms with Gasteiger partial charge in [-0.1, -0.05) is 12.1 Å². The van der Waals surface area contributed by atoms with E-state index in [4.69, 9.17) is 4.74 Å². The van der Waals surface area contributed by atoms with Crippen molar-refractivity contribution in [2.24, 2.45) is 0 Å². The van der Waals surface area contributed by atoms with Crippen LogP contribution >= 0.6 is 0 Å². The molecule has 0 unspecified atom stereocenters. The molecule has 1 saturated heterocycles. The van der Waals surface area contributed by atoms with Gasteiger partial charge in [0.25, 0.3) is 0 Å². The van der Waals surface area contributed by atoms with Crippen LogP contribution in [0.5, 0.6) is 0 Å². The van der Waals surface area contributed by atoms with Crippen molar-refractivity contribution in [3.63, 3.8) is 0 Å². The van der Waals surface area contributed by atoms with Crippen LogP contribution in [0.3, 0.4) is 0 Å². The Labute approximate surface area is 130 Å². The Kier molecular flexibility index (Phi) is 6.98. The highest BCUT2D eigenvalue weighted by Gasteiger charge is 2.22. The first-order valence-electron chi connectivity index (χ1n) is 7.22. The van der Waals surface area contributed by atoms with Crippen LogP contribution in [0.25, 0.3) is 0 Å². The van der Waals surface area contributed by atoms with Gasteiger partial charge in [-0.15, -0.1) is 0 Å². The fraction of sp³-hybridized carbons (Fsp3) is 0.500. The van der Waals surface area contributed by atoms with Crippen molar-refractivity contribution in [2.45, 2.75) is 26.4 Å². The van der Waals surface area contributed by atoms with Crippen molar-refractivity contribution in [2.75, 3.05) is 26.2 Å². The van der Waals surface area contributed by atoms with Gasteiger partial charge in [-0.3, -0.25) is 4.79 Å². The minimum absolute atomic E-state index is 0.109. The van der Waals surface area contributed by atoms with Crippen molar-refractivity contribution in [3.05, 3.63) is 35.6 Å². The maximum absolute atomic E-state index is 12.4. The summed E-state index contributed by atoms with van der Waals surface area (Å²) in [6.45, 7) is 8.86. The Hall–Kier alpha value is -1.95. The molecule has 0 atom stereocenters. The van der Waals surface area contributed by atoms with E-state index in [1.165, 1.54) is 12.1 Å². The molecule has 0 aliphatic carbocycles. The van der Waals surface area contributed by atoms with Crippen molar-refractivity contribution in [1.29, 1.82) is 0 Å². The van der Waals surface area contributed by atoms with Gasteiger partial charge in [0.05, 0.1) is 5.56 Å². The third-order valence-electron chi connectivity index (χ3n) is 2.80. The SMILES string of the molecule is CC(C)(C)OC(=O)N1CCNCC1.O=Cc1ccccc1F. The van der Waals surface area contributed by atoms with Gasteiger partial charge in [0.1, 0.15) is 11.4 Å². The molecule has 0 radical (unpaired) electrons. The molecule has 1 N–H and O–H groups in total. The smallest absolute Gasteiger partial charge is 0.410 e. The van der Waals surface area contributed by atoms with Crippen LogP contribution in [0.1, 0.15) is 31.1 Å². The van der Waals surface area contributed by atoms with Gasteiger partial charge in [-0.05, 0) is 32.9 Å². The van der Waals surface area contributed by atoms with Gasteiger partial charge < -0.3 is 15.0 Å². The highest BCUT2D eigenvalue weighted by Crippen LogP contribution is 2.10. The van der Waals surface area contributed by atoms with Crippen molar-refractivity contribution in [1.82, 2.24) is 10.2 Å². The average Bonchev–Trinajstić information content (AvgIpc) is 2.48. The molecule has 6 heteroatoms. The second kappa shape index (κ2) is 8.48. The Balaban J connectivity index is 0.000000235. The molecule has 1 aromatic rings. The molecule has 0 saturated carbocycles. The summed E-state index contributed by atoms with van der Waals surface area (Å²) in [6, 6.07) is 5.85. The normalized spacial score (nSPS) is 14.6. The molecule has 1 heterocycles. The van der Waals surface area contributed by atoms with Crippen LogP contribution in [0.4, 0.5) is 9.18 Å². The van der Waals surface area contributed by atoms with E-state index in [2.05, 4.69) is 5.32 Å². The molecule has 1 amide bonds. The largest absolute Gasteiger partial charge is 0.444 e. The summed E-state index contributed by atoms with van der Waals surface area (Å²) in [5.41, 5.74) is -0.278. The minimum Gasteiger partial charge on any atom is -0.444 e. The zero-order valence-electron chi connectivity index (χ0n) is 13.3. The number of hydrogen-bond acceptors (Lipinski definition) is 4. The molecule has 5 nitrogen and oxygen atoms in total. The second-order valence-electron chi connectivity index (χ2n) is 5.86. The first-order valence-corrected chi connectivity index (χ1v) is 7.22. The molecule has 1 aromatic carbocycles. The predicted octanol–water partition coefficient (Wildman–Crippen LogP) is 2.46. The van der Waals surface area contributed by atoms with Gasteiger partial charge in [0, 0.05) is 26.2 Å². The second-order valence-corrected chi connectivity index (χ2v) is 5.86. The Morgan fingerprint density at radius 3 is 2.32 bits per heavy atom. The number of nitrogens with one attached hydrogen (secondary N) is 1. The summed E-state index contributed by atoms with van der Waals surface area (Å²) in [7, 11) is 0. The van der Waals surface area contributed by atoms with Crippen LogP contribution in [-0.4, -0.2) is 49.1 Å². The first-order chi connectivity index (χ1) is 10.3. The number of carbonyl (C=O) groups excluding carboxylic acids is 2. The van der Waals surface area contributed by atoms with E-state index < -0.39 is 5.82 Å². The van der Waals surface area contributed by atoms with Crippen molar-refractivity contribution >= 4 is 12.4 Å². The molecular formula is C16H23FN2O3. The zero-order valence-corrected chi connectivity index (χ0v) is 13.3. The van der Waals surface area contributed by atoms with E-state index in [-0.39, 0.29) is 17.3 Å². The van der Waals surface area contributed by atoms with Gasteiger partial charge in [0.15, 0.2) is 6.29 Å².